The molecule has 0 saturated heterocycles. The highest BCUT2D eigenvalue weighted by atomic mass is 19.2. The fourth-order valence-corrected chi connectivity index (χ4v) is 1.52. The molecule has 0 spiro atoms. The molecule has 2 aromatic carbocycles. The monoisotopic (exact) mass is 273 g/mol. The summed E-state index contributed by atoms with van der Waals surface area (Å²) in [5.41, 5.74) is -0.383. The maximum absolute atomic E-state index is 13.3. The highest BCUT2D eigenvalue weighted by Crippen LogP contribution is 2.18. The van der Waals surface area contributed by atoms with Crippen molar-refractivity contribution >= 4 is 5.69 Å². The van der Waals surface area contributed by atoms with Gasteiger partial charge < -0.3 is 5.32 Å². The van der Waals surface area contributed by atoms with Crippen LogP contribution >= 0.6 is 0 Å². The minimum absolute atomic E-state index is 0.191. The van der Waals surface area contributed by atoms with Crippen molar-refractivity contribution < 1.29 is 22.0 Å². The molecule has 0 radical (unpaired) electrons. The van der Waals surface area contributed by atoms with E-state index in [0.29, 0.717) is 12.1 Å². The molecule has 0 unspecified atom stereocenters. The van der Waals surface area contributed by atoms with Crippen LogP contribution in [0.25, 0.3) is 0 Å². The third-order valence-corrected chi connectivity index (χ3v) is 2.49. The molecule has 0 aliphatic carbocycles. The van der Waals surface area contributed by atoms with E-state index in [1.807, 2.05) is 0 Å². The molecule has 0 fully saturated rings. The predicted molar refractivity (Wildman–Crippen MR) is 60.0 cm³/mol. The lowest BCUT2D eigenvalue weighted by molar-refractivity contribution is 0.490. The van der Waals surface area contributed by atoms with E-state index in [1.54, 1.807) is 0 Å². The quantitative estimate of drug-likeness (QED) is 0.658. The van der Waals surface area contributed by atoms with Crippen LogP contribution in [0.4, 0.5) is 27.6 Å². The average molecular weight is 273 g/mol. The Kier molecular flexibility index (Phi) is 3.69. The van der Waals surface area contributed by atoms with Crippen LogP contribution in [0.3, 0.4) is 0 Å². The fraction of sp³-hybridized carbons (Fsp3) is 0.0769. The number of hydrogen-bond donors (Lipinski definition) is 1. The number of hydrogen-bond acceptors (Lipinski definition) is 1. The predicted octanol–water partition coefficient (Wildman–Crippen LogP) is 3.99. The van der Waals surface area contributed by atoms with Crippen LogP contribution in [0.5, 0.6) is 0 Å². The lowest BCUT2D eigenvalue weighted by Gasteiger charge is -2.09. The summed E-state index contributed by atoms with van der Waals surface area (Å²) in [6.07, 6.45) is 0. The maximum atomic E-state index is 13.3. The van der Waals surface area contributed by atoms with Crippen LogP contribution in [-0.4, -0.2) is 0 Å². The van der Waals surface area contributed by atoms with E-state index in [9.17, 15) is 22.0 Å². The van der Waals surface area contributed by atoms with Crippen LogP contribution in [0.1, 0.15) is 5.56 Å². The zero-order valence-electron chi connectivity index (χ0n) is 9.48. The van der Waals surface area contributed by atoms with Gasteiger partial charge in [-0.15, -0.1) is 0 Å². The zero-order chi connectivity index (χ0) is 14.0. The molecule has 100 valence electrons. The third-order valence-electron chi connectivity index (χ3n) is 2.49. The molecule has 2 rings (SSSR count). The molecule has 0 aliphatic rings. The Bertz CT molecular complexity index is 612. The SMILES string of the molecule is Fc1ccc(F)c(NCc2cc(F)c(F)cc2F)c1. The Morgan fingerprint density at radius 2 is 1.42 bits per heavy atom. The number of halogens is 5. The maximum Gasteiger partial charge on any atom is 0.161 e. The van der Waals surface area contributed by atoms with Gasteiger partial charge in [0.25, 0.3) is 0 Å². The van der Waals surface area contributed by atoms with Crippen molar-refractivity contribution in [2.75, 3.05) is 5.32 Å². The van der Waals surface area contributed by atoms with E-state index in [4.69, 9.17) is 0 Å². The summed E-state index contributed by atoms with van der Waals surface area (Å²) < 4.78 is 65.1. The first-order valence-electron chi connectivity index (χ1n) is 5.29. The zero-order valence-corrected chi connectivity index (χ0v) is 9.48. The molecular weight excluding hydrogens is 265 g/mol. The third kappa shape index (κ3) is 3.01. The van der Waals surface area contributed by atoms with E-state index in [-0.39, 0.29) is 17.8 Å². The van der Waals surface area contributed by atoms with Gasteiger partial charge in [-0.25, -0.2) is 22.0 Å². The van der Waals surface area contributed by atoms with Crippen LogP contribution in [0.2, 0.25) is 0 Å². The second-order valence-corrected chi connectivity index (χ2v) is 3.84. The van der Waals surface area contributed by atoms with E-state index in [1.165, 1.54) is 0 Å². The molecule has 0 aromatic heterocycles. The second kappa shape index (κ2) is 5.26. The first kappa shape index (κ1) is 13.3. The largest absolute Gasteiger partial charge is 0.378 e. The molecule has 1 nitrogen and oxygen atoms in total. The lowest BCUT2D eigenvalue weighted by atomic mass is 10.2. The van der Waals surface area contributed by atoms with Crippen molar-refractivity contribution in [1.29, 1.82) is 0 Å². The first-order valence-corrected chi connectivity index (χ1v) is 5.29. The highest BCUT2D eigenvalue weighted by Gasteiger charge is 2.10. The van der Waals surface area contributed by atoms with Gasteiger partial charge in [-0.05, 0) is 24.3 Å². The van der Waals surface area contributed by atoms with Gasteiger partial charge in [0.1, 0.15) is 17.5 Å². The Balaban J connectivity index is 2.19. The van der Waals surface area contributed by atoms with Crippen LogP contribution < -0.4 is 5.32 Å². The molecular formula is C13H8F5N. The van der Waals surface area contributed by atoms with Crippen LogP contribution in [0, 0.1) is 29.1 Å². The average Bonchev–Trinajstić information content (AvgIpc) is 2.36. The Morgan fingerprint density at radius 3 is 2.16 bits per heavy atom. The van der Waals surface area contributed by atoms with Crippen LogP contribution in [-0.2, 0) is 6.54 Å². The summed E-state index contributed by atoms with van der Waals surface area (Å²) in [5.74, 6) is -4.89. The van der Waals surface area contributed by atoms with Gasteiger partial charge in [-0.2, -0.15) is 0 Å². The Labute approximate surface area is 105 Å². The molecule has 1 N–H and O–H groups in total. The summed E-state index contributed by atoms with van der Waals surface area (Å²) in [4.78, 5) is 0. The summed E-state index contributed by atoms with van der Waals surface area (Å²) in [5, 5.41) is 2.41. The molecule has 0 bridgehead atoms. The molecule has 0 heterocycles. The smallest absolute Gasteiger partial charge is 0.161 e. The normalized spacial score (nSPS) is 10.6. The van der Waals surface area contributed by atoms with Gasteiger partial charge in [0.2, 0.25) is 0 Å². The number of nitrogens with one attached hydrogen (secondary N) is 1. The fourth-order valence-electron chi connectivity index (χ4n) is 1.52. The highest BCUT2D eigenvalue weighted by molar-refractivity contribution is 5.45. The number of anilines is 1. The first-order chi connectivity index (χ1) is 8.97. The summed E-state index contributed by atoms with van der Waals surface area (Å²) in [6, 6.07) is 3.77. The van der Waals surface area contributed by atoms with E-state index < -0.39 is 29.1 Å². The summed E-state index contributed by atoms with van der Waals surface area (Å²) in [7, 11) is 0. The Morgan fingerprint density at radius 1 is 0.737 bits per heavy atom. The van der Waals surface area contributed by atoms with Gasteiger partial charge >= 0.3 is 0 Å². The second-order valence-electron chi connectivity index (χ2n) is 3.84. The lowest BCUT2D eigenvalue weighted by Crippen LogP contribution is -2.05. The minimum Gasteiger partial charge on any atom is -0.378 e. The van der Waals surface area contributed by atoms with Crippen molar-refractivity contribution in [3.63, 3.8) is 0 Å². The van der Waals surface area contributed by atoms with Crippen LogP contribution in [0.15, 0.2) is 30.3 Å². The van der Waals surface area contributed by atoms with E-state index in [0.717, 1.165) is 18.2 Å². The standard InChI is InChI=1S/C13H8F5N/c14-8-1-2-9(15)13(4-8)19-6-7-3-11(17)12(18)5-10(7)16/h1-5,19H,6H2. The Hall–Kier alpha value is -2.11. The molecule has 0 amide bonds. The van der Waals surface area contributed by atoms with Gasteiger partial charge in [0.15, 0.2) is 11.6 Å². The minimum atomic E-state index is -1.31. The molecule has 2 aromatic rings. The van der Waals surface area contributed by atoms with Gasteiger partial charge in [0, 0.05) is 18.2 Å². The van der Waals surface area contributed by atoms with Gasteiger partial charge in [-0.1, -0.05) is 0 Å². The van der Waals surface area contributed by atoms with Gasteiger partial charge in [-0.3, -0.25) is 0 Å². The summed E-state index contributed by atoms with van der Waals surface area (Å²) in [6.45, 7) is -0.302. The number of rotatable bonds is 3. The van der Waals surface area contributed by atoms with Crippen molar-refractivity contribution in [1.82, 2.24) is 0 Å². The summed E-state index contributed by atoms with van der Waals surface area (Å²) >= 11 is 0. The number of benzene rings is 2. The van der Waals surface area contributed by atoms with Crippen molar-refractivity contribution in [2.24, 2.45) is 0 Å². The molecule has 0 aliphatic heterocycles. The van der Waals surface area contributed by atoms with Crippen molar-refractivity contribution in [2.45, 2.75) is 6.54 Å². The van der Waals surface area contributed by atoms with Gasteiger partial charge in [0.05, 0.1) is 5.69 Å². The van der Waals surface area contributed by atoms with Crippen molar-refractivity contribution in [3.8, 4) is 0 Å². The topological polar surface area (TPSA) is 12.0 Å². The molecule has 0 atom stereocenters. The van der Waals surface area contributed by atoms with E-state index in [2.05, 4.69) is 5.32 Å². The molecule has 6 heteroatoms. The van der Waals surface area contributed by atoms with Crippen molar-refractivity contribution in [3.05, 3.63) is 65.0 Å². The van der Waals surface area contributed by atoms with E-state index >= 15 is 0 Å². The molecule has 19 heavy (non-hydrogen) atoms. The molecule has 0 saturated carbocycles.